The summed E-state index contributed by atoms with van der Waals surface area (Å²) in [4.78, 5) is 11.0. The van der Waals surface area contributed by atoms with Crippen molar-refractivity contribution in [1.29, 1.82) is 0 Å². The molecule has 0 aliphatic carbocycles. The number of anilines is 1. The average Bonchev–Trinajstić information content (AvgIpc) is 2.55. The van der Waals surface area contributed by atoms with Gasteiger partial charge in [0.05, 0.1) is 30.8 Å². The number of carboxylic acids is 1. The van der Waals surface area contributed by atoms with Gasteiger partial charge >= 0.3 is 0 Å². The summed E-state index contributed by atoms with van der Waals surface area (Å²) in [5.74, 6) is -0.621. The zero-order chi connectivity index (χ0) is 18.8. The van der Waals surface area contributed by atoms with E-state index < -0.39 is 16.0 Å². The predicted octanol–water partition coefficient (Wildman–Crippen LogP) is 1.48. The minimum atomic E-state index is -4.02. The second-order valence-electron chi connectivity index (χ2n) is 5.41. The fourth-order valence-electron chi connectivity index (χ4n) is 2.30. The van der Waals surface area contributed by atoms with Crippen LogP contribution in [0.15, 0.2) is 35.2 Å². The van der Waals surface area contributed by atoms with Crippen LogP contribution in [-0.4, -0.2) is 28.6 Å². The van der Waals surface area contributed by atoms with E-state index in [0.29, 0.717) is 22.6 Å². The van der Waals surface area contributed by atoms with Gasteiger partial charge in [0.15, 0.2) is 0 Å². The highest BCUT2D eigenvalue weighted by molar-refractivity contribution is 7.92. The molecule has 0 unspecified atom stereocenters. The molecule has 0 radical (unpaired) electrons. The molecule has 0 saturated carbocycles. The maximum Gasteiger partial charge on any atom is 0.262 e. The molecule has 134 valence electrons. The normalized spacial score (nSPS) is 11.0. The van der Waals surface area contributed by atoms with Crippen molar-refractivity contribution in [2.24, 2.45) is 0 Å². The molecule has 2 aromatic rings. The number of carbonyl (C=O) groups excluding carboxylic acids is 1. The Balaban J connectivity index is 2.52. The van der Waals surface area contributed by atoms with Gasteiger partial charge in [0.2, 0.25) is 0 Å². The molecule has 0 fully saturated rings. The van der Waals surface area contributed by atoms with Gasteiger partial charge in [-0.2, -0.15) is 0 Å². The van der Waals surface area contributed by atoms with Gasteiger partial charge in [-0.3, -0.25) is 4.72 Å². The van der Waals surface area contributed by atoms with E-state index in [1.807, 2.05) is 0 Å². The van der Waals surface area contributed by atoms with Gasteiger partial charge in [0.25, 0.3) is 10.0 Å². The molecule has 2 rings (SSSR count). The summed E-state index contributed by atoms with van der Waals surface area (Å²) in [6.45, 7) is 3.24. The summed E-state index contributed by atoms with van der Waals surface area (Å²) in [6.07, 6.45) is 0. The van der Waals surface area contributed by atoms with Crippen molar-refractivity contribution in [3.05, 3.63) is 47.0 Å². The van der Waals surface area contributed by atoms with Gasteiger partial charge in [-0.15, -0.1) is 0 Å². The highest BCUT2D eigenvalue weighted by Crippen LogP contribution is 2.29. The van der Waals surface area contributed by atoms with Crippen LogP contribution >= 0.6 is 0 Å². The molecule has 1 N–H and O–H groups in total. The summed E-state index contributed by atoms with van der Waals surface area (Å²) in [6, 6.07) is 7.04. The second-order valence-corrected chi connectivity index (χ2v) is 7.06. The number of benzene rings is 2. The van der Waals surface area contributed by atoms with Crippen molar-refractivity contribution in [1.82, 2.24) is 0 Å². The molecule has 0 amide bonds. The van der Waals surface area contributed by atoms with Crippen LogP contribution in [0.4, 0.5) is 5.69 Å². The van der Waals surface area contributed by atoms with Crippen molar-refractivity contribution >= 4 is 21.7 Å². The first-order valence-corrected chi connectivity index (χ1v) is 8.74. The number of sulfonamides is 1. The Kier molecular flexibility index (Phi) is 5.22. The number of ether oxygens (including phenoxy) is 2. The van der Waals surface area contributed by atoms with Crippen molar-refractivity contribution in [2.45, 2.75) is 18.7 Å². The van der Waals surface area contributed by atoms with E-state index in [0.717, 1.165) is 6.07 Å². The van der Waals surface area contributed by atoms with E-state index in [9.17, 15) is 18.3 Å². The highest BCUT2D eigenvalue weighted by atomic mass is 32.2. The lowest BCUT2D eigenvalue weighted by atomic mass is 10.1. The topological polar surface area (TPSA) is 105 Å². The average molecular weight is 364 g/mol. The number of aryl methyl sites for hydroxylation is 1. The monoisotopic (exact) mass is 364 g/mol. The number of hydrogen-bond acceptors (Lipinski definition) is 6. The zero-order valence-electron chi connectivity index (χ0n) is 14.2. The third-order valence-electron chi connectivity index (χ3n) is 3.75. The highest BCUT2D eigenvalue weighted by Gasteiger charge is 2.20. The predicted molar refractivity (Wildman–Crippen MR) is 90.6 cm³/mol. The first-order chi connectivity index (χ1) is 11.7. The van der Waals surface area contributed by atoms with E-state index in [1.165, 1.54) is 32.4 Å². The molecular formula is C17H18NO6S-. The van der Waals surface area contributed by atoms with Crippen LogP contribution in [0.5, 0.6) is 11.5 Å². The lowest BCUT2D eigenvalue weighted by molar-refractivity contribution is -0.255. The number of carbonyl (C=O) groups is 1. The van der Waals surface area contributed by atoms with Crippen molar-refractivity contribution in [3.8, 4) is 11.5 Å². The molecule has 0 spiro atoms. The van der Waals surface area contributed by atoms with Crippen LogP contribution in [0, 0.1) is 13.8 Å². The summed E-state index contributed by atoms with van der Waals surface area (Å²) in [5, 5.41) is 11.1. The number of hydrogen-bond donors (Lipinski definition) is 1. The van der Waals surface area contributed by atoms with Crippen LogP contribution < -0.4 is 19.3 Å². The maximum absolute atomic E-state index is 12.7. The molecular weight excluding hydrogens is 346 g/mol. The smallest absolute Gasteiger partial charge is 0.262 e. The van der Waals surface area contributed by atoms with E-state index >= 15 is 0 Å². The second kappa shape index (κ2) is 7.02. The number of rotatable bonds is 6. The van der Waals surface area contributed by atoms with Crippen LogP contribution in [0.25, 0.3) is 0 Å². The number of carboxylic acid groups (broad SMARTS) is 1. The summed E-state index contributed by atoms with van der Waals surface area (Å²) >= 11 is 0. The van der Waals surface area contributed by atoms with Gasteiger partial charge in [-0.05, 0) is 42.7 Å². The first-order valence-electron chi connectivity index (χ1n) is 7.26. The largest absolute Gasteiger partial charge is 0.545 e. The molecule has 25 heavy (non-hydrogen) atoms. The molecule has 0 heterocycles. The summed E-state index contributed by atoms with van der Waals surface area (Å²) in [5.41, 5.74) is 1.01. The lowest BCUT2D eigenvalue weighted by Gasteiger charge is -2.15. The van der Waals surface area contributed by atoms with Gasteiger partial charge in [0.1, 0.15) is 11.5 Å². The molecule has 2 aromatic carbocycles. The molecule has 7 nitrogen and oxygen atoms in total. The molecule has 0 saturated heterocycles. The quantitative estimate of drug-likeness (QED) is 0.832. The summed E-state index contributed by atoms with van der Waals surface area (Å²) in [7, 11) is -1.13. The Hall–Kier alpha value is -2.74. The van der Waals surface area contributed by atoms with E-state index in [-0.39, 0.29) is 16.1 Å². The third kappa shape index (κ3) is 4.03. The standard InChI is InChI=1S/C17H19NO6S/c1-10-5-12(17(19)20)6-16(11(10)2)25(21,22)18-13-7-14(23-3)9-15(8-13)24-4/h5-9,18H,1-4H3,(H,19,20)/p-1. The Morgan fingerprint density at radius 1 is 1.00 bits per heavy atom. The number of nitrogens with one attached hydrogen (secondary N) is 1. The van der Waals surface area contributed by atoms with Crippen LogP contribution in [0.3, 0.4) is 0 Å². The molecule has 8 heteroatoms. The summed E-state index contributed by atoms with van der Waals surface area (Å²) < 4.78 is 38.1. The van der Waals surface area contributed by atoms with Crippen LogP contribution in [-0.2, 0) is 10.0 Å². The van der Waals surface area contributed by atoms with Gasteiger partial charge < -0.3 is 19.4 Å². The SMILES string of the molecule is COc1cc(NS(=O)(=O)c2cc(C(=O)[O-])cc(C)c2C)cc(OC)c1. The van der Waals surface area contributed by atoms with Crippen LogP contribution in [0.1, 0.15) is 21.5 Å². The zero-order valence-corrected chi connectivity index (χ0v) is 15.1. The molecule has 0 aliphatic heterocycles. The van der Waals surface area contributed by atoms with Crippen molar-refractivity contribution < 1.29 is 27.8 Å². The number of aromatic carboxylic acids is 1. The fraction of sp³-hybridized carbons (Fsp3) is 0.235. The maximum atomic E-state index is 12.7. The van der Waals surface area contributed by atoms with Gasteiger partial charge in [0, 0.05) is 18.2 Å². The van der Waals surface area contributed by atoms with E-state index in [2.05, 4.69) is 4.72 Å². The van der Waals surface area contributed by atoms with Gasteiger partial charge in [-0.1, -0.05) is 0 Å². The van der Waals surface area contributed by atoms with Crippen molar-refractivity contribution in [2.75, 3.05) is 18.9 Å². The third-order valence-corrected chi connectivity index (χ3v) is 5.26. The lowest BCUT2D eigenvalue weighted by Crippen LogP contribution is -2.24. The Morgan fingerprint density at radius 2 is 1.56 bits per heavy atom. The van der Waals surface area contributed by atoms with Crippen molar-refractivity contribution in [3.63, 3.8) is 0 Å². The first kappa shape index (κ1) is 18.6. The van der Waals surface area contributed by atoms with E-state index in [1.54, 1.807) is 19.9 Å². The molecule has 0 atom stereocenters. The van der Waals surface area contributed by atoms with E-state index in [4.69, 9.17) is 9.47 Å². The minimum Gasteiger partial charge on any atom is -0.545 e. The minimum absolute atomic E-state index is 0.131. The Labute approximate surface area is 146 Å². The Bertz CT molecular complexity index is 899. The fourth-order valence-corrected chi connectivity index (χ4v) is 3.68. The number of methoxy groups -OCH3 is 2. The van der Waals surface area contributed by atoms with Gasteiger partial charge in [-0.25, -0.2) is 8.42 Å². The Morgan fingerprint density at radius 3 is 2.04 bits per heavy atom. The molecule has 0 bridgehead atoms. The molecule has 0 aromatic heterocycles. The molecule has 0 aliphatic rings. The van der Waals surface area contributed by atoms with Crippen LogP contribution in [0.2, 0.25) is 0 Å².